The topological polar surface area (TPSA) is 128 Å². The van der Waals surface area contributed by atoms with E-state index >= 15 is 0 Å². The molecule has 0 saturated carbocycles. The molecule has 0 radical (unpaired) electrons. The third-order valence-corrected chi connectivity index (χ3v) is 5.56. The first-order chi connectivity index (χ1) is 14.2. The van der Waals surface area contributed by atoms with Gasteiger partial charge in [-0.1, -0.05) is 23.7 Å². The van der Waals surface area contributed by atoms with Crippen molar-refractivity contribution in [3.8, 4) is 11.5 Å². The molecular formula is C19H16ClN3O6S. The molecule has 0 atom stereocenters. The smallest absolute Gasteiger partial charge is 0.321 e. The quantitative estimate of drug-likeness (QED) is 0.410. The second kappa shape index (κ2) is 9.16. The molecule has 11 heteroatoms. The summed E-state index contributed by atoms with van der Waals surface area (Å²) in [6.07, 6.45) is 0. The molecule has 0 aliphatic rings. The number of esters is 1. The Kier molecular flexibility index (Phi) is 6.60. The molecule has 0 aliphatic carbocycles. The third kappa shape index (κ3) is 5.50. The van der Waals surface area contributed by atoms with E-state index in [-0.39, 0.29) is 29.1 Å². The Morgan fingerprint density at radius 1 is 1.07 bits per heavy atom. The lowest BCUT2D eigenvalue weighted by atomic mass is 10.2. The highest BCUT2D eigenvalue weighted by Crippen LogP contribution is 2.20. The number of carbonyl (C=O) groups is 2. The van der Waals surface area contributed by atoms with E-state index in [0.29, 0.717) is 16.1 Å². The zero-order valence-corrected chi connectivity index (χ0v) is 17.2. The van der Waals surface area contributed by atoms with Crippen molar-refractivity contribution in [2.45, 2.75) is 18.4 Å². The third-order valence-electron chi connectivity index (χ3n) is 3.89. The van der Waals surface area contributed by atoms with Crippen LogP contribution in [0.25, 0.3) is 11.5 Å². The predicted molar refractivity (Wildman–Crippen MR) is 106 cm³/mol. The van der Waals surface area contributed by atoms with Gasteiger partial charge in [-0.3, -0.25) is 9.59 Å². The lowest BCUT2D eigenvalue weighted by Gasteiger charge is -2.07. The summed E-state index contributed by atoms with van der Waals surface area (Å²) in [6.45, 7) is 0.475. The van der Waals surface area contributed by atoms with Crippen LogP contribution in [0.1, 0.15) is 23.2 Å². The molecule has 2 aromatic carbocycles. The van der Waals surface area contributed by atoms with Crippen LogP contribution in [-0.4, -0.2) is 36.9 Å². The second-order valence-electron chi connectivity index (χ2n) is 6.07. The molecule has 1 N–H and O–H groups in total. The number of sulfonamides is 1. The Balaban J connectivity index is 1.52. The van der Waals surface area contributed by atoms with Gasteiger partial charge in [0.2, 0.25) is 15.9 Å². The summed E-state index contributed by atoms with van der Waals surface area (Å²) in [5.74, 6) is -0.732. The number of halogens is 1. The molecule has 0 fully saturated rings. The fourth-order valence-corrected chi connectivity index (χ4v) is 3.42. The molecule has 1 aromatic heterocycles. The fraction of sp³-hybridized carbons (Fsp3) is 0.158. The highest BCUT2D eigenvalue weighted by atomic mass is 35.5. The SMILES string of the molecule is CC(=O)c1ccc(S(=O)(=O)NCC(=O)OCc2nnc(-c3ccc(Cl)cc3)o2)cc1. The molecule has 0 unspecified atom stereocenters. The second-order valence-corrected chi connectivity index (χ2v) is 8.28. The highest BCUT2D eigenvalue weighted by Gasteiger charge is 2.17. The highest BCUT2D eigenvalue weighted by molar-refractivity contribution is 7.89. The van der Waals surface area contributed by atoms with Gasteiger partial charge in [0, 0.05) is 16.1 Å². The first-order valence-corrected chi connectivity index (χ1v) is 10.5. The molecule has 0 amide bonds. The molecule has 3 aromatic rings. The van der Waals surface area contributed by atoms with Gasteiger partial charge in [0.25, 0.3) is 5.89 Å². The van der Waals surface area contributed by atoms with E-state index < -0.39 is 22.5 Å². The van der Waals surface area contributed by atoms with Crippen molar-refractivity contribution in [2.24, 2.45) is 0 Å². The van der Waals surface area contributed by atoms with Crippen LogP contribution in [0.4, 0.5) is 0 Å². The number of hydrogen-bond donors (Lipinski definition) is 1. The molecule has 0 spiro atoms. The maximum absolute atomic E-state index is 12.2. The van der Waals surface area contributed by atoms with Crippen molar-refractivity contribution >= 4 is 33.4 Å². The Hall–Kier alpha value is -3.08. The van der Waals surface area contributed by atoms with Crippen LogP contribution in [-0.2, 0) is 26.2 Å². The van der Waals surface area contributed by atoms with Crippen LogP contribution in [0, 0.1) is 0 Å². The maximum Gasteiger partial charge on any atom is 0.321 e. The van der Waals surface area contributed by atoms with E-state index in [9.17, 15) is 18.0 Å². The minimum absolute atomic E-state index is 0.0518. The summed E-state index contributed by atoms with van der Waals surface area (Å²) >= 11 is 5.82. The number of ether oxygens (including phenoxy) is 1. The monoisotopic (exact) mass is 449 g/mol. The number of rotatable bonds is 8. The molecule has 30 heavy (non-hydrogen) atoms. The average Bonchev–Trinajstić information content (AvgIpc) is 3.20. The molecule has 0 saturated heterocycles. The molecule has 0 aliphatic heterocycles. The largest absolute Gasteiger partial charge is 0.455 e. The Labute approximate surface area is 177 Å². The first kappa shape index (κ1) is 21.6. The van der Waals surface area contributed by atoms with Gasteiger partial charge in [-0.2, -0.15) is 4.72 Å². The van der Waals surface area contributed by atoms with Crippen molar-refractivity contribution in [2.75, 3.05) is 6.54 Å². The summed E-state index contributed by atoms with van der Waals surface area (Å²) in [5.41, 5.74) is 1.03. The molecule has 156 valence electrons. The molecular weight excluding hydrogens is 434 g/mol. The molecule has 1 heterocycles. The van der Waals surface area contributed by atoms with Crippen molar-refractivity contribution in [3.63, 3.8) is 0 Å². The van der Waals surface area contributed by atoms with Gasteiger partial charge in [0.05, 0.1) is 4.90 Å². The van der Waals surface area contributed by atoms with E-state index in [1.54, 1.807) is 24.3 Å². The number of Topliss-reactive ketones (excluding diaryl/α,β-unsaturated/α-hetero) is 1. The van der Waals surface area contributed by atoms with E-state index in [4.69, 9.17) is 20.8 Å². The van der Waals surface area contributed by atoms with E-state index in [2.05, 4.69) is 14.9 Å². The van der Waals surface area contributed by atoms with Gasteiger partial charge in [-0.15, -0.1) is 10.2 Å². The zero-order valence-electron chi connectivity index (χ0n) is 15.7. The number of carbonyl (C=O) groups excluding carboxylic acids is 2. The summed E-state index contributed by atoms with van der Waals surface area (Å²) in [6, 6.07) is 12.1. The Bertz CT molecular complexity index is 1160. The first-order valence-electron chi connectivity index (χ1n) is 8.59. The average molecular weight is 450 g/mol. The van der Waals surface area contributed by atoms with Gasteiger partial charge >= 0.3 is 5.97 Å². The van der Waals surface area contributed by atoms with Crippen molar-refractivity contribution in [1.82, 2.24) is 14.9 Å². The van der Waals surface area contributed by atoms with Gasteiger partial charge in [0.15, 0.2) is 12.4 Å². The number of hydrogen-bond acceptors (Lipinski definition) is 8. The van der Waals surface area contributed by atoms with Gasteiger partial charge in [-0.25, -0.2) is 8.42 Å². The number of ketones is 1. The van der Waals surface area contributed by atoms with Crippen LogP contribution >= 0.6 is 11.6 Å². The van der Waals surface area contributed by atoms with Crippen LogP contribution in [0.3, 0.4) is 0 Å². The zero-order chi connectivity index (χ0) is 21.7. The van der Waals surface area contributed by atoms with Crippen LogP contribution in [0.5, 0.6) is 0 Å². The fourth-order valence-electron chi connectivity index (χ4n) is 2.32. The number of nitrogens with zero attached hydrogens (tertiary/aromatic N) is 2. The maximum atomic E-state index is 12.2. The van der Waals surface area contributed by atoms with Crippen LogP contribution in [0.15, 0.2) is 57.8 Å². The van der Waals surface area contributed by atoms with Crippen LogP contribution in [0.2, 0.25) is 5.02 Å². The van der Waals surface area contributed by atoms with Crippen LogP contribution < -0.4 is 4.72 Å². The van der Waals surface area contributed by atoms with E-state index in [0.717, 1.165) is 0 Å². The van der Waals surface area contributed by atoms with Crippen molar-refractivity contribution < 1.29 is 27.2 Å². The van der Waals surface area contributed by atoms with E-state index in [1.807, 2.05) is 0 Å². The summed E-state index contributed by atoms with van der Waals surface area (Å²) in [5, 5.41) is 8.18. The summed E-state index contributed by atoms with van der Waals surface area (Å²) in [7, 11) is -3.94. The molecule has 3 rings (SSSR count). The lowest BCUT2D eigenvalue weighted by molar-refractivity contribution is -0.144. The Morgan fingerprint density at radius 3 is 2.37 bits per heavy atom. The molecule has 0 bridgehead atoms. The normalized spacial score (nSPS) is 11.3. The van der Waals surface area contributed by atoms with E-state index in [1.165, 1.54) is 31.2 Å². The minimum atomic E-state index is -3.94. The van der Waals surface area contributed by atoms with Gasteiger partial charge < -0.3 is 9.15 Å². The van der Waals surface area contributed by atoms with Crippen molar-refractivity contribution in [1.29, 1.82) is 0 Å². The van der Waals surface area contributed by atoms with Crippen molar-refractivity contribution in [3.05, 3.63) is 65.0 Å². The predicted octanol–water partition coefficient (Wildman–Crippen LogP) is 2.61. The molecule has 9 nitrogen and oxygen atoms in total. The standard InChI is InChI=1S/C19H16ClN3O6S/c1-12(24)13-4-8-16(9-5-13)30(26,27)21-10-18(25)28-11-17-22-23-19(29-17)14-2-6-15(20)7-3-14/h2-9,21H,10-11H2,1H3. The minimum Gasteiger partial charge on any atom is -0.455 e. The summed E-state index contributed by atoms with van der Waals surface area (Å²) < 4.78 is 36.9. The number of benzene rings is 2. The number of aromatic nitrogens is 2. The van der Waals surface area contributed by atoms with Gasteiger partial charge in [0.1, 0.15) is 6.54 Å². The number of nitrogens with one attached hydrogen (secondary N) is 1. The summed E-state index contributed by atoms with van der Waals surface area (Å²) in [4.78, 5) is 23.0. The van der Waals surface area contributed by atoms with Gasteiger partial charge in [-0.05, 0) is 43.3 Å². The Morgan fingerprint density at radius 2 is 1.73 bits per heavy atom. The lowest BCUT2D eigenvalue weighted by Crippen LogP contribution is -2.30.